The van der Waals surface area contributed by atoms with Gasteiger partial charge in [0.05, 0.1) is 43.3 Å². The Morgan fingerprint density at radius 1 is 0.593 bits per heavy atom. The maximum atomic E-state index is 11.4. The Morgan fingerprint density at radius 3 is 1.00 bits per heavy atom. The Bertz CT molecular complexity index is 530. The predicted molar refractivity (Wildman–Crippen MR) is 86.9 cm³/mol. The number of hydrogen-bond donors (Lipinski definition) is 7. The smallest absolute Gasteiger partial charge is 0.317 e. The molecule has 0 aliphatic carbocycles. The monoisotopic (exact) mass is 393 g/mol. The van der Waals surface area contributed by atoms with Crippen molar-refractivity contribution in [3.05, 3.63) is 0 Å². The van der Waals surface area contributed by atoms with Crippen LogP contribution in [0, 0.1) is 0 Å². The fourth-order valence-corrected chi connectivity index (χ4v) is 3.12. The number of carboxylic acids is 5. The van der Waals surface area contributed by atoms with Crippen LogP contribution in [0.5, 0.6) is 0 Å². The number of carboxylic acid groups (broad SMARTS) is 5. The van der Waals surface area contributed by atoms with Crippen LogP contribution in [0.4, 0.5) is 0 Å². The molecule has 27 heavy (non-hydrogen) atoms. The molecule has 0 amide bonds. The minimum Gasteiger partial charge on any atom is -0.481 e. The SMILES string of the molecule is NCC(CC(=O)O)(CC(=O)O)N(CC(=O)O)C(CN)(CC(=O)O)CC(=O)O. The lowest BCUT2D eigenvalue weighted by Gasteiger charge is -2.51. The summed E-state index contributed by atoms with van der Waals surface area (Å²) in [6.45, 7) is -2.45. The van der Waals surface area contributed by atoms with Crippen molar-refractivity contribution < 1.29 is 49.5 Å². The van der Waals surface area contributed by atoms with E-state index < -0.39 is 86.2 Å². The van der Waals surface area contributed by atoms with Gasteiger partial charge in [0.1, 0.15) is 0 Å². The van der Waals surface area contributed by atoms with Gasteiger partial charge in [0.25, 0.3) is 0 Å². The van der Waals surface area contributed by atoms with Crippen molar-refractivity contribution in [1.82, 2.24) is 4.90 Å². The van der Waals surface area contributed by atoms with Crippen molar-refractivity contribution in [2.75, 3.05) is 19.6 Å². The number of nitrogens with zero attached hydrogens (tertiary/aromatic N) is 1. The summed E-state index contributed by atoms with van der Waals surface area (Å²) in [4.78, 5) is 57.3. The van der Waals surface area contributed by atoms with Crippen LogP contribution in [-0.4, -0.2) is 91.0 Å². The van der Waals surface area contributed by atoms with E-state index in [4.69, 9.17) is 11.5 Å². The quantitative estimate of drug-likeness (QED) is 0.164. The van der Waals surface area contributed by atoms with Gasteiger partial charge < -0.3 is 37.0 Å². The molecule has 0 saturated carbocycles. The van der Waals surface area contributed by atoms with Gasteiger partial charge in [-0.15, -0.1) is 0 Å². The molecule has 0 bridgehead atoms. The van der Waals surface area contributed by atoms with Gasteiger partial charge >= 0.3 is 29.8 Å². The summed E-state index contributed by atoms with van der Waals surface area (Å²) in [7, 11) is 0. The van der Waals surface area contributed by atoms with E-state index in [1.165, 1.54) is 0 Å². The zero-order valence-electron chi connectivity index (χ0n) is 14.3. The molecule has 0 rings (SSSR count). The van der Waals surface area contributed by atoms with E-state index in [1.807, 2.05) is 0 Å². The maximum Gasteiger partial charge on any atom is 0.317 e. The molecule has 0 aromatic rings. The van der Waals surface area contributed by atoms with Crippen LogP contribution in [0.2, 0.25) is 0 Å². The first kappa shape index (κ1) is 24.2. The summed E-state index contributed by atoms with van der Waals surface area (Å²) in [5.74, 6) is -7.71. The van der Waals surface area contributed by atoms with E-state index in [-0.39, 0.29) is 0 Å². The summed E-state index contributed by atoms with van der Waals surface area (Å²) < 4.78 is 0. The van der Waals surface area contributed by atoms with E-state index in [0.717, 1.165) is 0 Å². The molecule has 0 aromatic heterocycles. The lowest BCUT2D eigenvalue weighted by molar-refractivity contribution is -0.161. The minimum atomic E-state index is -2.08. The molecule has 9 N–H and O–H groups in total. The highest BCUT2D eigenvalue weighted by atomic mass is 16.4. The Balaban J connectivity index is 6.71. The first-order chi connectivity index (χ1) is 12.3. The van der Waals surface area contributed by atoms with E-state index in [0.29, 0.717) is 4.90 Å². The van der Waals surface area contributed by atoms with Crippen molar-refractivity contribution in [2.24, 2.45) is 11.5 Å². The lowest BCUT2D eigenvalue weighted by atomic mass is 9.79. The topological polar surface area (TPSA) is 242 Å². The number of hydrogen-bond acceptors (Lipinski definition) is 8. The standard InChI is InChI=1S/C14H23N3O10/c15-6-13(1-8(18)19,2-9(20)21)17(5-12(26)27)14(7-16,3-10(22)23)4-11(24)25/h1-7,15-16H2,(H,18,19)(H,20,21)(H,22,23)(H,24,25)(H,26,27). The van der Waals surface area contributed by atoms with Crippen LogP contribution in [0.3, 0.4) is 0 Å². The van der Waals surface area contributed by atoms with Crippen LogP contribution in [-0.2, 0) is 24.0 Å². The van der Waals surface area contributed by atoms with Gasteiger partial charge in [-0.25, -0.2) is 0 Å². The van der Waals surface area contributed by atoms with E-state index in [1.54, 1.807) is 0 Å². The van der Waals surface area contributed by atoms with Gasteiger partial charge in [-0.1, -0.05) is 0 Å². The minimum absolute atomic E-state index is 0.695. The van der Waals surface area contributed by atoms with Crippen molar-refractivity contribution in [1.29, 1.82) is 0 Å². The molecular weight excluding hydrogens is 370 g/mol. The fraction of sp³-hybridized carbons (Fsp3) is 0.643. The molecule has 0 radical (unpaired) electrons. The molecule has 13 heteroatoms. The molecule has 13 nitrogen and oxygen atoms in total. The maximum absolute atomic E-state index is 11.4. The number of aliphatic carboxylic acids is 5. The predicted octanol–water partition coefficient (Wildman–Crippen LogP) is -2.33. The zero-order valence-corrected chi connectivity index (χ0v) is 14.3. The lowest BCUT2D eigenvalue weighted by Crippen LogP contribution is -2.69. The number of rotatable bonds is 14. The van der Waals surface area contributed by atoms with E-state index >= 15 is 0 Å². The molecule has 154 valence electrons. The average Bonchev–Trinajstić information content (AvgIpc) is 2.48. The molecule has 0 unspecified atom stereocenters. The molecule has 0 spiro atoms. The Hall–Kier alpha value is -2.77. The summed E-state index contributed by atoms with van der Waals surface area (Å²) in [5.41, 5.74) is 7.03. The summed E-state index contributed by atoms with van der Waals surface area (Å²) in [6, 6.07) is 0. The second kappa shape index (κ2) is 9.80. The molecule has 0 aliphatic rings. The number of nitrogens with two attached hydrogens (primary N) is 2. The van der Waals surface area contributed by atoms with Crippen molar-refractivity contribution in [3.8, 4) is 0 Å². The van der Waals surface area contributed by atoms with Gasteiger partial charge in [0.2, 0.25) is 0 Å². The normalized spacial score (nSPS) is 12.0. The van der Waals surface area contributed by atoms with Crippen LogP contribution < -0.4 is 11.5 Å². The fourth-order valence-electron chi connectivity index (χ4n) is 3.12. The van der Waals surface area contributed by atoms with Crippen LogP contribution in [0.15, 0.2) is 0 Å². The largest absolute Gasteiger partial charge is 0.481 e. The highest BCUT2D eigenvalue weighted by Gasteiger charge is 2.52. The van der Waals surface area contributed by atoms with Crippen molar-refractivity contribution in [3.63, 3.8) is 0 Å². The van der Waals surface area contributed by atoms with Crippen LogP contribution >= 0.6 is 0 Å². The van der Waals surface area contributed by atoms with Crippen LogP contribution in [0.1, 0.15) is 25.7 Å². The summed E-state index contributed by atoms with van der Waals surface area (Å²) >= 11 is 0. The van der Waals surface area contributed by atoms with Gasteiger partial charge in [-0.05, 0) is 0 Å². The Kier molecular flexibility index (Phi) is 8.79. The Morgan fingerprint density at radius 2 is 0.852 bits per heavy atom. The van der Waals surface area contributed by atoms with Gasteiger partial charge in [-0.3, -0.25) is 28.9 Å². The highest BCUT2D eigenvalue weighted by molar-refractivity contribution is 5.77. The van der Waals surface area contributed by atoms with Crippen LogP contribution in [0.25, 0.3) is 0 Å². The van der Waals surface area contributed by atoms with Gasteiger partial charge in [-0.2, -0.15) is 0 Å². The molecule has 0 saturated heterocycles. The van der Waals surface area contributed by atoms with Gasteiger partial charge in [0.15, 0.2) is 0 Å². The molecule has 0 aromatic carbocycles. The third kappa shape index (κ3) is 6.80. The first-order valence-electron chi connectivity index (χ1n) is 7.61. The van der Waals surface area contributed by atoms with Crippen molar-refractivity contribution >= 4 is 29.8 Å². The van der Waals surface area contributed by atoms with E-state index in [9.17, 15) is 49.5 Å². The average molecular weight is 393 g/mol. The third-order valence-electron chi connectivity index (χ3n) is 4.12. The highest BCUT2D eigenvalue weighted by Crippen LogP contribution is 2.35. The Labute approximate surface area is 153 Å². The molecular formula is C14H23N3O10. The zero-order chi connectivity index (χ0) is 21.4. The molecule has 0 aliphatic heterocycles. The second-order valence-electron chi connectivity index (χ2n) is 6.12. The summed E-state index contributed by atoms with van der Waals surface area (Å²) in [6.07, 6.45) is -3.87. The van der Waals surface area contributed by atoms with Gasteiger partial charge in [0, 0.05) is 13.1 Å². The third-order valence-corrected chi connectivity index (χ3v) is 4.12. The summed E-state index contributed by atoms with van der Waals surface area (Å²) in [5, 5.41) is 46.0. The molecule has 0 atom stereocenters. The molecule has 0 fully saturated rings. The van der Waals surface area contributed by atoms with Crippen molar-refractivity contribution in [2.45, 2.75) is 36.8 Å². The molecule has 0 heterocycles. The second-order valence-corrected chi connectivity index (χ2v) is 6.12. The number of carbonyl (C=O) groups is 5. The van der Waals surface area contributed by atoms with E-state index in [2.05, 4.69) is 0 Å². The first-order valence-corrected chi connectivity index (χ1v) is 7.61.